The molecule has 2 aromatic carbocycles. The fraction of sp³-hybridized carbons (Fsp3) is 0.417. The molecule has 212 valence electrons. The van der Waals surface area contributed by atoms with Gasteiger partial charge in [-0.2, -0.15) is 0 Å². The minimum absolute atomic E-state index is 0.917. The molecule has 4 nitrogen and oxygen atoms in total. The zero-order valence-electron chi connectivity index (χ0n) is 25.6. The van der Waals surface area contributed by atoms with Gasteiger partial charge in [-0.15, -0.1) is 0 Å². The number of anilines is 1. The first-order valence-electron chi connectivity index (χ1n) is 15.4. The molecule has 0 radical (unpaired) electrons. The molecule has 0 saturated heterocycles. The average Bonchev–Trinajstić information content (AvgIpc) is 2.99. The van der Waals surface area contributed by atoms with E-state index in [-0.39, 0.29) is 0 Å². The van der Waals surface area contributed by atoms with Crippen LogP contribution in [0.3, 0.4) is 0 Å². The molecule has 0 N–H and O–H groups in total. The Balaban J connectivity index is 2.03. The maximum Gasteiger partial charge on any atom is 0.203 e. The number of hydrogen-bond donors (Lipinski definition) is 0. The Morgan fingerprint density at radius 1 is 0.800 bits per heavy atom. The van der Waals surface area contributed by atoms with E-state index in [2.05, 4.69) is 123 Å². The Morgan fingerprint density at radius 2 is 1.55 bits per heavy atom. The predicted octanol–water partition coefficient (Wildman–Crippen LogP) is 8.35. The van der Waals surface area contributed by atoms with Crippen molar-refractivity contribution in [3.05, 3.63) is 78.2 Å². The van der Waals surface area contributed by atoms with Gasteiger partial charge in [0.15, 0.2) is 0 Å². The van der Waals surface area contributed by atoms with E-state index in [1.165, 1.54) is 40.6 Å². The topological polar surface area (TPSA) is 22.6 Å². The van der Waals surface area contributed by atoms with Gasteiger partial charge in [-0.1, -0.05) is 51.1 Å². The molecule has 0 unspecified atom stereocenters. The molecule has 40 heavy (non-hydrogen) atoms. The van der Waals surface area contributed by atoms with Crippen LogP contribution in [0.4, 0.5) is 5.69 Å². The number of nitrogens with zero attached hydrogens (tertiary/aromatic N) is 3. The number of hydrogen-bond acceptors (Lipinski definition) is 3. The third-order valence-electron chi connectivity index (χ3n) is 8.11. The molecule has 4 heteroatoms. The third kappa shape index (κ3) is 5.96. The summed E-state index contributed by atoms with van der Waals surface area (Å²) >= 11 is 0. The summed E-state index contributed by atoms with van der Waals surface area (Å²) in [4.78, 5) is 4.84. The molecule has 0 amide bonds. The first-order valence-corrected chi connectivity index (χ1v) is 15.4. The zero-order valence-corrected chi connectivity index (χ0v) is 25.6. The van der Waals surface area contributed by atoms with Crippen molar-refractivity contribution in [2.45, 2.75) is 60.8 Å². The van der Waals surface area contributed by atoms with Crippen LogP contribution in [0.25, 0.3) is 39.1 Å². The largest absolute Gasteiger partial charge is 0.456 e. The van der Waals surface area contributed by atoms with Gasteiger partial charge in [0.05, 0.1) is 6.07 Å². The van der Waals surface area contributed by atoms with Gasteiger partial charge in [-0.05, 0) is 64.3 Å². The Morgan fingerprint density at radius 3 is 2.23 bits per heavy atom. The molecule has 1 aliphatic heterocycles. The van der Waals surface area contributed by atoms with E-state index in [1.54, 1.807) is 0 Å². The van der Waals surface area contributed by atoms with E-state index < -0.39 is 0 Å². The van der Waals surface area contributed by atoms with Crippen molar-refractivity contribution in [3.8, 4) is 22.5 Å². The van der Waals surface area contributed by atoms with Gasteiger partial charge in [-0.25, -0.2) is 4.58 Å². The first kappa shape index (κ1) is 29.5. The zero-order chi connectivity index (χ0) is 28.6. The van der Waals surface area contributed by atoms with Crippen LogP contribution in [-0.2, 0) is 0 Å². The summed E-state index contributed by atoms with van der Waals surface area (Å²) < 4.78 is 9.09. The van der Waals surface area contributed by atoms with Crippen molar-refractivity contribution >= 4 is 22.4 Å². The maximum absolute atomic E-state index is 6.72. The van der Waals surface area contributed by atoms with Crippen LogP contribution in [0.5, 0.6) is 0 Å². The Hall–Kier alpha value is -3.53. The third-order valence-corrected chi connectivity index (χ3v) is 8.11. The monoisotopic (exact) mass is 538 g/mol. The van der Waals surface area contributed by atoms with Crippen molar-refractivity contribution in [2.24, 2.45) is 0 Å². The van der Waals surface area contributed by atoms with Crippen molar-refractivity contribution in [1.29, 1.82) is 0 Å². The summed E-state index contributed by atoms with van der Waals surface area (Å²) in [5.41, 5.74) is 7.97. The van der Waals surface area contributed by atoms with Crippen molar-refractivity contribution in [1.82, 2.24) is 9.48 Å². The van der Waals surface area contributed by atoms with Crippen LogP contribution >= 0.6 is 0 Å². The molecular weight excluding hydrogens is 490 g/mol. The first-order chi connectivity index (χ1) is 19.5. The van der Waals surface area contributed by atoms with E-state index in [0.29, 0.717) is 0 Å². The van der Waals surface area contributed by atoms with E-state index in [9.17, 15) is 0 Å². The van der Waals surface area contributed by atoms with Crippen molar-refractivity contribution < 1.29 is 4.42 Å². The van der Waals surface area contributed by atoms with Gasteiger partial charge in [0.25, 0.3) is 0 Å². The highest BCUT2D eigenvalue weighted by Gasteiger charge is 2.22. The summed E-state index contributed by atoms with van der Waals surface area (Å²) in [6, 6.07) is 22.2. The van der Waals surface area contributed by atoms with Crippen LogP contribution in [0, 0.1) is 0 Å². The molecule has 2 aliphatic rings. The van der Waals surface area contributed by atoms with Gasteiger partial charge in [0.1, 0.15) is 24.4 Å². The van der Waals surface area contributed by atoms with Gasteiger partial charge in [0, 0.05) is 71.8 Å². The minimum atomic E-state index is 0.917. The molecule has 0 bridgehead atoms. The highest BCUT2D eigenvalue weighted by molar-refractivity contribution is 6.04. The number of unbranched alkanes of at least 4 members (excludes halogenated alkanes) is 1. The Kier molecular flexibility index (Phi) is 10.1. The standard InChI is InChI=1S/C36H48N3O/c1-8-14-24-39(23-9-2)27(7)30-17-15-16-18-31(30)36-32-21-19-28(37(10-3)11-4)25-34(32)40-35-26-29(20-22-33(35)36)38(12-5)13-6/h15-22,25-26H,7-14,23-24H2,1-6H3/q+1. The van der Waals surface area contributed by atoms with E-state index >= 15 is 0 Å². The highest BCUT2D eigenvalue weighted by Crippen LogP contribution is 2.43. The van der Waals surface area contributed by atoms with Gasteiger partial charge < -0.3 is 14.2 Å². The van der Waals surface area contributed by atoms with Crippen LogP contribution < -0.4 is 14.8 Å². The fourth-order valence-electron chi connectivity index (χ4n) is 5.85. The second-order valence-corrected chi connectivity index (χ2v) is 10.5. The van der Waals surface area contributed by atoms with Crippen LogP contribution in [0.1, 0.15) is 66.4 Å². The second kappa shape index (κ2) is 13.7. The number of benzene rings is 3. The lowest BCUT2D eigenvalue weighted by Gasteiger charge is -2.28. The molecule has 0 atom stereocenters. The van der Waals surface area contributed by atoms with Crippen molar-refractivity contribution in [3.63, 3.8) is 0 Å². The van der Waals surface area contributed by atoms with E-state index in [4.69, 9.17) is 4.42 Å². The average molecular weight is 539 g/mol. The van der Waals surface area contributed by atoms with Gasteiger partial charge in [0.2, 0.25) is 5.36 Å². The summed E-state index contributed by atoms with van der Waals surface area (Å²) in [5.74, 6) is 0.917. The number of fused-ring (bicyclic) bond motifs is 2. The molecule has 0 aromatic heterocycles. The minimum Gasteiger partial charge on any atom is -0.456 e. The normalized spacial score (nSPS) is 11.2. The molecule has 2 aromatic rings. The Labute approximate surface area is 241 Å². The van der Waals surface area contributed by atoms with E-state index in [0.717, 1.165) is 73.7 Å². The van der Waals surface area contributed by atoms with Crippen LogP contribution in [-0.4, -0.2) is 44.2 Å². The lowest BCUT2D eigenvalue weighted by atomic mass is 9.89. The lowest BCUT2D eigenvalue weighted by molar-refractivity contribution is 0.388. The van der Waals surface area contributed by atoms with Gasteiger partial charge in [-0.3, -0.25) is 0 Å². The van der Waals surface area contributed by atoms with Crippen LogP contribution in [0.15, 0.2) is 71.7 Å². The molecule has 4 rings (SSSR count). The van der Waals surface area contributed by atoms with Crippen LogP contribution in [0.2, 0.25) is 0 Å². The fourth-order valence-corrected chi connectivity index (χ4v) is 5.85. The quantitative estimate of drug-likeness (QED) is 0.126. The lowest BCUT2D eigenvalue weighted by Crippen LogP contribution is -2.29. The predicted molar refractivity (Wildman–Crippen MR) is 174 cm³/mol. The van der Waals surface area contributed by atoms with Gasteiger partial charge >= 0.3 is 0 Å². The molecule has 1 heterocycles. The second-order valence-electron chi connectivity index (χ2n) is 10.5. The summed E-state index contributed by atoms with van der Waals surface area (Å²) in [6.45, 7) is 23.9. The maximum atomic E-state index is 6.72. The summed E-state index contributed by atoms with van der Waals surface area (Å²) in [6.07, 6.45) is 3.44. The smallest absolute Gasteiger partial charge is 0.203 e. The molecular formula is C36H48N3O+. The molecule has 0 spiro atoms. The molecule has 0 saturated carbocycles. The Bertz CT molecular complexity index is 1470. The summed E-state index contributed by atoms with van der Waals surface area (Å²) in [5, 5.41) is 2.33. The van der Waals surface area contributed by atoms with Crippen molar-refractivity contribution in [2.75, 3.05) is 44.2 Å². The van der Waals surface area contributed by atoms with E-state index in [1.807, 2.05) is 0 Å². The SMILES string of the molecule is C=C(c1ccccc1-c1c2ccc(=[N+](CC)CC)cc-2oc2cc(N(CC)CC)ccc12)N(CCC)CCCC. The molecule has 0 fully saturated rings. The highest BCUT2D eigenvalue weighted by atomic mass is 16.3. The molecule has 1 aliphatic carbocycles. The summed E-state index contributed by atoms with van der Waals surface area (Å²) in [7, 11) is 0. The number of rotatable bonds is 13.